The van der Waals surface area contributed by atoms with Crippen LogP contribution in [0.4, 0.5) is 5.69 Å². The average molecular weight is 551 g/mol. The SMILES string of the molecule is CN=C(NCCNC(=O)c1ccc(OC)cc1)NCc1ccc(N2CCCC2=O)cc1.I. The quantitative estimate of drug-likeness (QED) is 0.203. The van der Waals surface area contributed by atoms with Crippen molar-refractivity contribution in [2.45, 2.75) is 19.4 Å². The van der Waals surface area contributed by atoms with Gasteiger partial charge in [0, 0.05) is 50.9 Å². The van der Waals surface area contributed by atoms with Crippen LogP contribution >= 0.6 is 24.0 Å². The number of hydrogen-bond acceptors (Lipinski definition) is 4. The third-order valence-corrected chi connectivity index (χ3v) is 5.06. The van der Waals surface area contributed by atoms with Gasteiger partial charge in [-0.05, 0) is 48.4 Å². The standard InChI is InChI=1S/C23H29N5O3.HI/c1-24-23(26-14-13-25-22(30)18-7-11-20(31-2)12-8-18)27-16-17-5-9-19(10-6-17)28-15-3-4-21(28)29;/h5-12H,3-4,13-16H2,1-2H3,(H,25,30)(H2,24,26,27);1H. The van der Waals surface area contributed by atoms with E-state index >= 15 is 0 Å². The maximum absolute atomic E-state index is 12.2. The second-order valence-electron chi connectivity index (χ2n) is 7.15. The first kappa shape index (κ1) is 25.4. The average Bonchev–Trinajstić information content (AvgIpc) is 3.24. The summed E-state index contributed by atoms with van der Waals surface area (Å²) in [4.78, 5) is 30.0. The highest BCUT2D eigenvalue weighted by Gasteiger charge is 2.21. The van der Waals surface area contributed by atoms with E-state index < -0.39 is 0 Å². The summed E-state index contributed by atoms with van der Waals surface area (Å²) >= 11 is 0. The van der Waals surface area contributed by atoms with Crippen LogP contribution in [-0.2, 0) is 11.3 Å². The molecule has 1 aliphatic heterocycles. The largest absolute Gasteiger partial charge is 0.497 e. The van der Waals surface area contributed by atoms with E-state index in [1.54, 1.807) is 38.4 Å². The molecule has 3 N–H and O–H groups in total. The van der Waals surface area contributed by atoms with Crippen LogP contribution in [0.25, 0.3) is 0 Å². The molecule has 172 valence electrons. The number of halogens is 1. The lowest BCUT2D eigenvalue weighted by Crippen LogP contribution is -2.41. The summed E-state index contributed by atoms with van der Waals surface area (Å²) in [5.41, 5.74) is 2.62. The number of nitrogens with zero attached hydrogens (tertiary/aromatic N) is 2. The first-order valence-corrected chi connectivity index (χ1v) is 10.4. The van der Waals surface area contributed by atoms with Crippen molar-refractivity contribution in [3.8, 4) is 5.75 Å². The van der Waals surface area contributed by atoms with E-state index in [2.05, 4.69) is 20.9 Å². The smallest absolute Gasteiger partial charge is 0.251 e. The highest BCUT2D eigenvalue weighted by atomic mass is 127. The van der Waals surface area contributed by atoms with Gasteiger partial charge >= 0.3 is 0 Å². The topological polar surface area (TPSA) is 95.1 Å². The van der Waals surface area contributed by atoms with Gasteiger partial charge < -0.3 is 25.6 Å². The molecule has 1 aliphatic rings. The highest BCUT2D eigenvalue weighted by Crippen LogP contribution is 2.21. The molecule has 0 radical (unpaired) electrons. The van der Waals surface area contributed by atoms with Crippen molar-refractivity contribution < 1.29 is 14.3 Å². The molecule has 1 fully saturated rings. The molecule has 0 bridgehead atoms. The second kappa shape index (κ2) is 12.9. The fourth-order valence-corrected chi connectivity index (χ4v) is 3.32. The Morgan fingerprint density at radius 1 is 1.03 bits per heavy atom. The number of methoxy groups -OCH3 is 1. The van der Waals surface area contributed by atoms with Crippen LogP contribution in [0.15, 0.2) is 53.5 Å². The lowest BCUT2D eigenvalue weighted by molar-refractivity contribution is -0.117. The predicted molar refractivity (Wildman–Crippen MR) is 137 cm³/mol. The van der Waals surface area contributed by atoms with Crippen LogP contribution in [0.2, 0.25) is 0 Å². The van der Waals surface area contributed by atoms with E-state index in [0.29, 0.717) is 43.3 Å². The monoisotopic (exact) mass is 551 g/mol. The van der Waals surface area contributed by atoms with Gasteiger partial charge in [-0.15, -0.1) is 24.0 Å². The van der Waals surface area contributed by atoms with Crippen LogP contribution in [0.3, 0.4) is 0 Å². The Labute approximate surface area is 205 Å². The van der Waals surface area contributed by atoms with Crippen molar-refractivity contribution in [3.63, 3.8) is 0 Å². The van der Waals surface area contributed by atoms with E-state index in [9.17, 15) is 9.59 Å². The first-order chi connectivity index (χ1) is 15.1. The number of guanidine groups is 1. The molecular formula is C23H30IN5O3. The fraction of sp³-hybridized carbons (Fsp3) is 0.348. The van der Waals surface area contributed by atoms with Gasteiger partial charge in [-0.25, -0.2) is 0 Å². The number of nitrogens with one attached hydrogen (secondary N) is 3. The number of aliphatic imine (C=N–C) groups is 1. The highest BCUT2D eigenvalue weighted by molar-refractivity contribution is 14.0. The molecule has 32 heavy (non-hydrogen) atoms. The molecule has 1 heterocycles. The molecule has 0 spiro atoms. The molecule has 0 unspecified atom stereocenters. The lowest BCUT2D eigenvalue weighted by Gasteiger charge is -2.16. The number of amides is 2. The maximum Gasteiger partial charge on any atom is 0.251 e. The Balaban J connectivity index is 0.00000363. The minimum absolute atomic E-state index is 0. The number of anilines is 1. The zero-order valence-electron chi connectivity index (χ0n) is 18.4. The summed E-state index contributed by atoms with van der Waals surface area (Å²) in [6.45, 7) is 2.40. The molecule has 1 saturated heterocycles. The first-order valence-electron chi connectivity index (χ1n) is 10.4. The number of hydrogen-bond donors (Lipinski definition) is 3. The summed E-state index contributed by atoms with van der Waals surface area (Å²) in [5, 5.41) is 9.29. The van der Waals surface area contributed by atoms with Crippen molar-refractivity contribution in [2.75, 3.05) is 38.7 Å². The number of rotatable bonds is 8. The molecule has 2 aromatic rings. The van der Waals surface area contributed by atoms with Gasteiger partial charge in [0.1, 0.15) is 5.75 Å². The number of benzene rings is 2. The van der Waals surface area contributed by atoms with Gasteiger partial charge in [-0.1, -0.05) is 12.1 Å². The molecule has 0 saturated carbocycles. The molecular weight excluding hydrogens is 521 g/mol. The van der Waals surface area contributed by atoms with E-state index in [-0.39, 0.29) is 35.8 Å². The van der Waals surface area contributed by atoms with Crippen molar-refractivity contribution in [2.24, 2.45) is 4.99 Å². The molecule has 8 nitrogen and oxygen atoms in total. The summed E-state index contributed by atoms with van der Waals surface area (Å²) < 4.78 is 5.10. The van der Waals surface area contributed by atoms with Gasteiger partial charge in [-0.2, -0.15) is 0 Å². The summed E-state index contributed by atoms with van der Waals surface area (Å²) in [5.74, 6) is 1.42. The molecule has 0 aliphatic carbocycles. The van der Waals surface area contributed by atoms with Gasteiger partial charge in [0.2, 0.25) is 5.91 Å². The Hall–Kier alpha value is -2.82. The van der Waals surface area contributed by atoms with Gasteiger partial charge in [0.05, 0.1) is 7.11 Å². The molecule has 0 atom stereocenters. The summed E-state index contributed by atoms with van der Waals surface area (Å²) in [7, 11) is 3.29. The van der Waals surface area contributed by atoms with E-state index in [0.717, 1.165) is 24.2 Å². The van der Waals surface area contributed by atoms with Crippen molar-refractivity contribution in [1.82, 2.24) is 16.0 Å². The van der Waals surface area contributed by atoms with Crippen molar-refractivity contribution in [3.05, 3.63) is 59.7 Å². The molecule has 3 rings (SSSR count). The van der Waals surface area contributed by atoms with Crippen LogP contribution in [0.1, 0.15) is 28.8 Å². The lowest BCUT2D eigenvalue weighted by atomic mass is 10.2. The number of carbonyl (C=O) groups is 2. The zero-order chi connectivity index (χ0) is 22.1. The maximum atomic E-state index is 12.2. The summed E-state index contributed by atoms with van der Waals surface area (Å²) in [6, 6.07) is 15.0. The minimum atomic E-state index is -0.135. The third kappa shape index (κ3) is 7.11. The van der Waals surface area contributed by atoms with Crippen molar-refractivity contribution in [1.29, 1.82) is 0 Å². The normalized spacial score (nSPS) is 13.4. The van der Waals surface area contributed by atoms with Gasteiger partial charge in [0.15, 0.2) is 5.96 Å². The number of carbonyl (C=O) groups excluding carboxylic acids is 2. The van der Waals surface area contributed by atoms with Crippen LogP contribution in [-0.4, -0.2) is 51.6 Å². The Morgan fingerprint density at radius 3 is 2.31 bits per heavy atom. The molecule has 0 aromatic heterocycles. The molecule has 9 heteroatoms. The van der Waals surface area contributed by atoms with Crippen molar-refractivity contribution >= 4 is 47.4 Å². The molecule has 2 amide bonds. The predicted octanol–water partition coefficient (Wildman–Crippen LogP) is 2.53. The van der Waals surface area contributed by atoms with E-state index in [4.69, 9.17) is 4.74 Å². The van der Waals surface area contributed by atoms with Crippen LogP contribution in [0, 0.1) is 0 Å². The van der Waals surface area contributed by atoms with Gasteiger partial charge in [0.25, 0.3) is 5.91 Å². The van der Waals surface area contributed by atoms with Crippen LogP contribution in [0.5, 0.6) is 5.75 Å². The van der Waals surface area contributed by atoms with Crippen LogP contribution < -0.4 is 25.6 Å². The minimum Gasteiger partial charge on any atom is -0.497 e. The Morgan fingerprint density at radius 2 is 1.72 bits per heavy atom. The summed E-state index contributed by atoms with van der Waals surface area (Å²) in [6.07, 6.45) is 1.55. The fourth-order valence-electron chi connectivity index (χ4n) is 3.32. The third-order valence-electron chi connectivity index (χ3n) is 5.06. The number of ether oxygens (including phenoxy) is 1. The Kier molecular flexibility index (Phi) is 10.3. The second-order valence-corrected chi connectivity index (χ2v) is 7.15. The zero-order valence-corrected chi connectivity index (χ0v) is 20.7. The Bertz CT molecular complexity index is 916. The van der Waals surface area contributed by atoms with E-state index in [1.807, 2.05) is 29.2 Å². The molecule has 2 aromatic carbocycles. The van der Waals surface area contributed by atoms with Gasteiger partial charge in [-0.3, -0.25) is 14.6 Å². The van der Waals surface area contributed by atoms with E-state index in [1.165, 1.54) is 0 Å².